The smallest absolute Gasteiger partial charge is 0.120 e. The van der Waals surface area contributed by atoms with E-state index < -0.39 is 5.60 Å². The Morgan fingerprint density at radius 1 is 1.28 bits per heavy atom. The number of piperidine rings is 1. The van der Waals surface area contributed by atoms with Crippen LogP contribution in [0, 0.1) is 17.8 Å². The van der Waals surface area contributed by atoms with Gasteiger partial charge in [-0.15, -0.1) is 0 Å². The number of aromatic nitrogens is 2. The summed E-state index contributed by atoms with van der Waals surface area (Å²) in [6.45, 7) is 7.75. The maximum atomic E-state index is 9.68. The van der Waals surface area contributed by atoms with Gasteiger partial charge in [-0.1, -0.05) is 24.0 Å². The Labute approximate surface area is 150 Å². The molecule has 0 amide bonds. The molecule has 132 valence electrons. The fourth-order valence-electron chi connectivity index (χ4n) is 3.31. The first kappa shape index (κ1) is 17.7. The predicted molar refractivity (Wildman–Crippen MR) is 99.8 cm³/mol. The van der Waals surface area contributed by atoms with Gasteiger partial charge in [0.15, 0.2) is 0 Å². The lowest BCUT2D eigenvalue weighted by molar-refractivity contribution is 0.143. The molecule has 1 aliphatic rings. The largest absolute Gasteiger partial charge is 0.378 e. The van der Waals surface area contributed by atoms with Gasteiger partial charge in [-0.2, -0.15) is 0 Å². The topological polar surface area (TPSA) is 41.3 Å². The van der Waals surface area contributed by atoms with Gasteiger partial charge in [0.1, 0.15) is 5.60 Å². The SMILES string of the molecule is CC(C)(O)C#Cc1ccc(CN2CCCC(Cn3ccnc3)C2)cc1. The Bertz CT molecular complexity index is 717. The Balaban J connectivity index is 1.55. The minimum atomic E-state index is -0.948. The van der Waals surface area contributed by atoms with Crippen LogP contribution in [0.25, 0.3) is 0 Å². The molecule has 1 N–H and O–H groups in total. The molecular formula is C21H27N3O. The average Bonchev–Trinajstić information content (AvgIpc) is 3.07. The van der Waals surface area contributed by atoms with Gasteiger partial charge in [-0.25, -0.2) is 4.98 Å². The predicted octanol–water partition coefficient (Wildman–Crippen LogP) is 2.92. The van der Waals surface area contributed by atoms with Gasteiger partial charge in [-0.3, -0.25) is 4.90 Å². The normalized spacial score (nSPS) is 18.6. The number of hydrogen-bond acceptors (Lipinski definition) is 3. The Morgan fingerprint density at radius 3 is 2.76 bits per heavy atom. The monoisotopic (exact) mass is 337 g/mol. The molecule has 0 aliphatic carbocycles. The van der Waals surface area contributed by atoms with Crippen molar-refractivity contribution in [3.63, 3.8) is 0 Å². The molecule has 25 heavy (non-hydrogen) atoms. The van der Waals surface area contributed by atoms with E-state index in [9.17, 15) is 5.11 Å². The number of aliphatic hydroxyl groups is 1. The third kappa shape index (κ3) is 5.74. The molecule has 1 fully saturated rings. The second-order valence-electron chi connectivity index (χ2n) is 7.51. The summed E-state index contributed by atoms with van der Waals surface area (Å²) in [5.74, 6) is 6.57. The summed E-state index contributed by atoms with van der Waals surface area (Å²) in [4.78, 5) is 6.68. The first-order valence-electron chi connectivity index (χ1n) is 9.00. The van der Waals surface area contributed by atoms with E-state index in [1.165, 1.54) is 24.9 Å². The summed E-state index contributed by atoms with van der Waals surface area (Å²) in [6.07, 6.45) is 8.36. The Kier molecular flexibility index (Phi) is 5.57. The van der Waals surface area contributed by atoms with Crippen molar-refractivity contribution in [3.8, 4) is 11.8 Å². The fraction of sp³-hybridized carbons (Fsp3) is 0.476. The van der Waals surface area contributed by atoms with E-state index in [1.54, 1.807) is 13.8 Å². The van der Waals surface area contributed by atoms with Crippen LogP contribution >= 0.6 is 0 Å². The summed E-state index contributed by atoms with van der Waals surface area (Å²) in [7, 11) is 0. The number of benzene rings is 1. The van der Waals surface area contributed by atoms with Crippen molar-refractivity contribution in [2.75, 3.05) is 13.1 Å². The molecule has 0 radical (unpaired) electrons. The van der Waals surface area contributed by atoms with Gasteiger partial charge in [0.25, 0.3) is 0 Å². The first-order chi connectivity index (χ1) is 12.0. The van der Waals surface area contributed by atoms with Gasteiger partial charge in [0, 0.05) is 37.6 Å². The Morgan fingerprint density at radius 2 is 2.08 bits per heavy atom. The molecular weight excluding hydrogens is 310 g/mol. The number of rotatable bonds is 4. The number of nitrogens with zero attached hydrogens (tertiary/aromatic N) is 3. The lowest BCUT2D eigenvalue weighted by atomic mass is 9.97. The summed E-state index contributed by atoms with van der Waals surface area (Å²) in [5, 5.41) is 9.68. The second-order valence-corrected chi connectivity index (χ2v) is 7.51. The molecule has 2 heterocycles. The van der Waals surface area contributed by atoms with Crippen LogP contribution in [0.15, 0.2) is 43.0 Å². The van der Waals surface area contributed by atoms with E-state index in [0.717, 1.165) is 25.2 Å². The fourth-order valence-corrected chi connectivity index (χ4v) is 3.31. The molecule has 1 saturated heterocycles. The lowest BCUT2D eigenvalue weighted by Crippen LogP contribution is -2.36. The minimum Gasteiger partial charge on any atom is -0.378 e. The van der Waals surface area contributed by atoms with E-state index in [-0.39, 0.29) is 0 Å². The summed E-state index contributed by atoms with van der Waals surface area (Å²) in [5.41, 5.74) is 1.32. The van der Waals surface area contributed by atoms with Crippen LogP contribution in [-0.4, -0.2) is 38.2 Å². The van der Waals surface area contributed by atoms with E-state index in [1.807, 2.05) is 30.9 Å². The second kappa shape index (κ2) is 7.86. The van der Waals surface area contributed by atoms with E-state index in [0.29, 0.717) is 5.92 Å². The molecule has 1 aromatic heterocycles. The van der Waals surface area contributed by atoms with Crippen molar-refractivity contribution in [1.29, 1.82) is 0 Å². The number of hydrogen-bond donors (Lipinski definition) is 1. The zero-order valence-electron chi connectivity index (χ0n) is 15.2. The van der Waals surface area contributed by atoms with Gasteiger partial charge < -0.3 is 9.67 Å². The van der Waals surface area contributed by atoms with Gasteiger partial charge in [0.05, 0.1) is 6.33 Å². The quantitative estimate of drug-likeness (QED) is 0.872. The zero-order chi connectivity index (χ0) is 17.7. The summed E-state index contributed by atoms with van der Waals surface area (Å²) < 4.78 is 2.18. The standard InChI is InChI=1S/C21H27N3O/c1-21(2,25)10-9-18-5-7-19(8-6-18)14-23-12-3-4-20(15-23)16-24-13-11-22-17-24/h5-8,11,13,17,20,25H,3-4,12,14-16H2,1-2H3. The van der Waals surface area contributed by atoms with Crippen molar-refractivity contribution in [2.45, 2.75) is 45.4 Å². The van der Waals surface area contributed by atoms with Gasteiger partial charge in [0.2, 0.25) is 0 Å². The number of imidazole rings is 1. The van der Waals surface area contributed by atoms with Crippen LogP contribution in [-0.2, 0) is 13.1 Å². The van der Waals surface area contributed by atoms with Crippen LogP contribution in [0.3, 0.4) is 0 Å². The lowest BCUT2D eigenvalue weighted by Gasteiger charge is -2.33. The van der Waals surface area contributed by atoms with E-state index in [2.05, 4.69) is 38.4 Å². The molecule has 1 aromatic carbocycles. The third-order valence-corrected chi connectivity index (χ3v) is 4.50. The van der Waals surface area contributed by atoms with Crippen molar-refractivity contribution in [1.82, 2.24) is 14.5 Å². The molecule has 0 bridgehead atoms. The Hall–Kier alpha value is -2.09. The van der Waals surface area contributed by atoms with E-state index >= 15 is 0 Å². The minimum absolute atomic E-state index is 0.694. The highest BCUT2D eigenvalue weighted by Crippen LogP contribution is 2.20. The third-order valence-electron chi connectivity index (χ3n) is 4.50. The molecule has 1 atom stereocenters. The molecule has 1 aliphatic heterocycles. The van der Waals surface area contributed by atoms with E-state index in [4.69, 9.17) is 0 Å². The molecule has 2 aromatic rings. The maximum Gasteiger partial charge on any atom is 0.120 e. The average molecular weight is 337 g/mol. The highest BCUT2D eigenvalue weighted by atomic mass is 16.3. The van der Waals surface area contributed by atoms with Crippen molar-refractivity contribution >= 4 is 0 Å². The summed E-state index contributed by atoms with van der Waals surface area (Å²) in [6, 6.07) is 8.38. The molecule has 4 heteroatoms. The van der Waals surface area contributed by atoms with Crippen molar-refractivity contribution < 1.29 is 5.11 Å². The van der Waals surface area contributed by atoms with Crippen LogP contribution in [0.2, 0.25) is 0 Å². The highest BCUT2D eigenvalue weighted by molar-refractivity contribution is 5.37. The molecule has 0 spiro atoms. The zero-order valence-corrected chi connectivity index (χ0v) is 15.2. The molecule has 0 saturated carbocycles. The maximum absolute atomic E-state index is 9.68. The molecule has 3 rings (SSSR count). The van der Waals surface area contributed by atoms with Crippen molar-refractivity contribution in [3.05, 3.63) is 54.1 Å². The highest BCUT2D eigenvalue weighted by Gasteiger charge is 2.20. The van der Waals surface area contributed by atoms with Gasteiger partial charge in [-0.05, 0) is 56.8 Å². The van der Waals surface area contributed by atoms with Crippen LogP contribution in [0.1, 0.15) is 37.8 Å². The van der Waals surface area contributed by atoms with Crippen LogP contribution < -0.4 is 0 Å². The summed E-state index contributed by atoms with van der Waals surface area (Å²) >= 11 is 0. The number of likely N-dealkylation sites (tertiary alicyclic amines) is 1. The molecule has 4 nitrogen and oxygen atoms in total. The van der Waals surface area contributed by atoms with Crippen molar-refractivity contribution in [2.24, 2.45) is 5.92 Å². The van der Waals surface area contributed by atoms with Crippen LogP contribution in [0.4, 0.5) is 0 Å². The van der Waals surface area contributed by atoms with Gasteiger partial charge >= 0.3 is 0 Å². The molecule has 1 unspecified atom stereocenters. The van der Waals surface area contributed by atoms with Crippen LogP contribution in [0.5, 0.6) is 0 Å². The first-order valence-corrected chi connectivity index (χ1v) is 9.00.